The minimum absolute atomic E-state index is 0.283. The summed E-state index contributed by atoms with van der Waals surface area (Å²) in [4.78, 5) is 0. The first-order valence-corrected chi connectivity index (χ1v) is 22.0. The van der Waals surface area contributed by atoms with Gasteiger partial charge in [-0.3, -0.25) is 0 Å². The molecule has 4 aliphatic carbocycles. The topological polar surface area (TPSA) is 4.93 Å². The van der Waals surface area contributed by atoms with E-state index in [2.05, 4.69) is 223 Å². The summed E-state index contributed by atoms with van der Waals surface area (Å²) < 4.78 is 2.58. The van der Waals surface area contributed by atoms with Gasteiger partial charge in [-0.05, 0) is 125 Å². The summed E-state index contributed by atoms with van der Waals surface area (Å²) in [5.41, 5.74) is 17.6. The minimum atomic E-state index is -0.548. The van der Waals surface area contributed by atoms with Crippen molar-refractivity contribution in [2.75, 3.05) is 0 Å². The van der Waals surface area contributed by atoms with Crippen molar-refractivity contribution in [1.82, 2.24) is 4.57 Å². The fourth-order valence-electron chi connectivity index (χ4n) is 12.0. The highest BCUT2D eigenvalue weighted by molar-refractivity contribution is 6.37. The van der Waals surface area contributed by atoms with E-state index < -0.39 is 5.41 Å². The molecule has 0 spiro atoms. The van der Waals surface area contributed by atoms with Crippen molar-refractivity contribution < 1.29 is 0 Å². The zero-order chi connectivity index (χ0) is 40.5. The van der Waals surface area contributed by atoms with E-state index in [1.54, 1.807) is 0 Å². The first-order chi connectivity index (χ1) is 30.8. The lowest BCUT2D eigenvalue weighted by Gasteiger charge is -2.34. The van der Waals surface area contributed by atoms with E-state index in [9.17, 15) is 0 Å². The largest absolute Gasteiger partial charge is 0.309 e. The van der Waals surface area contributed by atoms with Gasteiger partial charge in [0.25, 0.3) is 0 Å². The van der Waals surface area contributed by atoms with Crippen LogP contribution in [0.3, 0.4) is 0 Å². The van der Waals surface area contributed by atoms with Gasteiger partial charge < -0.3 is 4.57 Å². The molecule has 1 unspecified atom stereocenters. The highest BCUT2D eigenvalue weighted by Crippen LogP contribution is 2.59. The SMILES string of the molecule is C1=CCC(c2c3c4ccccc4c4ccc5c(c4-3)c3c4c(cccc24)ccc3n5-c2ccc3c(c2)C(c2ccccc2)(c2ccccc2)c2cc(-c4ccccc4)ccc2-3)C=C1. The molecule has 9 aromatic carbocycles. The molecule has 0 aliphatic heterocycles. The first kappa shape index (κ1) is 34.0. The van der Waals surface area contributed by atoms with E-state index in [1.807, 2.05) is 0 Å². The summed E-state index contributed by atoms with van der Waals surface area (Å²) in [6, 6.07) is 73.4. The number of nitrogens with zero attached hydrogens (tertiary/aromatic N) is 1. The van der Waals surface area contributed by atoms with Gasteiger partial charge in [0.05, 0.1) is 16.4 Å². The van der Waals surface area contributed by atoms with Crippen LogP contribution in [0.4, 0.5) is 0 Å². The fourth-order valence-corrected chi connectivity index (χ4v) is 12.0. The molecule has 1 heteroatoms. The van der Waals surface area contributed by atoms with Crippen LogP contribution in [-0.4, -0.2) is 4.57 Å². The molecule has 0 fully saturated rings. The Bertz CT molecular complexity index is 3710. The average Bonchev–Trinajstić information content (AvgIpc) is 3.93. The summed E-state index contributed by atoms with van der Waals surface area (Å²) in [5, 5.41) is 10.8. The molecular weight excluding hydrogens is 747 g/mol. The van der Waals surface area contributed by atoms with Crippen molar-refractivity contribution in [3.05, 3.63) is 246 Å². The van der Waals surface area contributed by atoms with Crippen LogP contribution in [0.25, 0.3) is 93.2 Å². The van der Waals surface area contributed by atoms with E-state index in [0.29, 0.717) is 0 Å². The number of hydrogen-bond acceptors (Lipinski definition) is 0. The molecule has 288 valence electrons. The van der Waals surface area contributed by atoms with Crippen LogP contribution in [0.15, 0.2) is 218 Å². The van der Waals surface area contributed by atoms with Crippen LogP contribution >= 0.6 is 0 Å². The highest BCUT2D eigenvalue weighted by atomic mass is 15.0. The van der Waals surface area contributed by atoms with E-state index in [0.717, 1.165) is 6.42 Å². The second-order valence-corrected chi connectivity index (χ2v) is 17.4. The van der Waals surface area contributed by atoms with E-state index >= 15 is 0 Å². The van der Waals surface area contributed by atoms with E-state index in [4.69, 9.17) is 0 Å². The zero-order valence-electron chi connectivity index (χ0n) is 34.0. The summed E-state index contributed by atoms with van der Waals surface area (Å²) >= 11 is 0. The van der Waals surface area contributed by atoms with Gasteiger partial charge in [-0.15, -0.1) is 0 Å². The molecule has 0 amide bonds. The maximum atomic E-state index is 2.58. The third-order valence-electron chi connectivity index (χ3n) is 14.5. The molecule has 0 saturated carbocycles. The molecule has 0 bridgehead atoms. The Morgan fingerprint density at radius 3 is 1.84 bits per heavy atom. The zero-order valence-corrected chi connectivity index (χ0v) is 34.0. The monoisotopic (exact) mass is 785 g/mol. The lowest BCUT2D eigenvalue weighted by molar-refractivity contribution is 0.768. The maximum Gasteiger partial charge on any atom is 0.0714 e. The molecule has 1 atom stereocenters. The van der Waals surface area contributed by atoms with Gasteiger partial charge >= 0.3 is 0 Å². The third kappa shape index (κ3) is 4.37. The Morgan fingerprint density at radius 1 is 0.435 bits per heavy atom. The standard InChI is InChI=1S/C61H39N/c1-5-16-38(17-6-1)41-28-31-46-47-32-30-44(37-52(47)61(51(46)36-41,42-21-9-3-10-22-42)43-23-11-4-12-24-43)62-53-34-29-40-20-15-27-50-55(39-18-7-2-8-19-39)57-48-26-14-13-25-45(48)49-33-35-54(62)60(58(49)57)59(53)56(40)50/h1-18,20-37,39H,19H2. The number of aromatic nitrogens is 1. The van der Waals surface area contributed by atoms with Crippen molar-refractivity contribution in [3.8, 4) is 39.1 Å². The lowest BCUT2D eigenvalue weighted by Crippen LogP contribution is -2.28. The number of benzene rings is 9. The summed E-state index contributed by atoms with van der Waals surface area (Å²) in [6.07, 6.45) is 10.2. The second-order valence-electron chi connectivity index (χ2n) is 17.4. The highest BCUT2D eigenvalue weighted by Gasteiger charge is 2.46. The van der Waals surface area contributed by atoms with Crippen LogP contribution in [-0.2, 0) is 5.41 Å². The normalized spacial score (nSPS) is 15.5. The summed E-state index contributed by atoms with van der Waals surface area (Å²) in [7, 11) is 0. The average molecular weight is 786 g/mol. The Hall–Kier alpha value is -7.74. The predicted octanol–water partition coefficient (Wildman–Crippen LogP) is 15.9. The first-order valence-electron chi connectivity index (χ1n) is 22.0. The molecule has 4 aliphatic rings. The van der Waals surface area contributed by atoms with Crippen LogP contribution in [0, 0.1) is 0 Å². The van der Waals surface area contributed by atoms with Crippen LogP contribution < -0.4 is 0 Å². The molecular formula is C61H39N. The molecule has 10 aromatic rings. The van der Waals surface area contributed by atoms with Crippen molar-refractivity contribution >= 4 is 54.1 Å². The van der Waals surface area contributed by atoms with Crippen LogP contribution in [0.5, 0.6) is 0 Å². The molecule has 1 nitrogen and oxygen atoms in total. The molecule has 1 aromatic heterocycles. The van der Waals surface area contributed by atoms with Gasteiger partial charge in [0.1, 0.15) is 0 Å². The van der Waals surface area contributed by atoms with E-state index in [1.165, 1.54) is 121 Å². The quantitative estimate of drug-likeness (QED) is 0.164. The van der Waals surface area contributed by atoms with Gasteiger partial charge in [-0.2, -0.15) is 0 Å². The second kappa shape index (κ2) is 12.6. The van der Waals surface area contributed by atoms with Gasteiger partial charge in [0.15, 0.2) is 0 Å². The Kier molecular flexibility index (Phi) is 6.94. The molecule has 1 heterocycles. The molecule has 0 saturated heterocycles. The van der Waals surface area contributed by atoms with Gasteiger partial charge in [-0.25, -0.2) is 0 Å². The Labute approximate surface area is 360 Å². The number of hydrogen-bond donors (Lipinski definition) is 0. The van der Waals surface area contributed by atoms with Gasteiger partial charge in [-0.1, -0.05) is 188 Å². The smallest absolute Gasteiger partial charge is 0.0714 e. The Balaban J connectivity index is 1.11. The molecule has 0 radical (unpaired) electrons. The molecule has 14 rings (SSSR count). The van der Waals surface area contributed by atoms with Crippen molar-refractivity contribution in [3.63, 3.8) is 0 Å². The van der Waals surface area contributed by atoms with Crippen molar-refractivity contribution in [1.29, 1.82) is 0 Å². The minimum Gasteiger partial charge on any atom is -0.309 e. The van der Waals surface area contributed by atoms with E-state index in [-0.39, 0.29) is 5.92 Å². The Morgan fingerprint density at radius 2 is 1.08 bits per heavy atom. The van der Waals surface area contributed by atoms with Crippen LogP contribution in [0.2, 0.25) is 0 Å². The lowest BCUT2D eigenvalue weighted by atomic mass is 9.67. The van der Waals surface area contributed by atoms with Crippen molar-refractivity contribution in [2.45, 2.75) is 17.8 Å². The van der Waals surface area contributed by atoms with Gasteiger partial charge in [0.2, 0.25) is 0 Å². The van der Waals surface area contributed by atoms with Crippen LogP contribution in [0.1, 0.15) is 40.2 Å². The number of fused-ring (bicyclic) bond motifs is 6. The third-order valence-corrected chi connectivity index (χ3v) is 14.5. The summed E-state index contributed by atoms with van der Waals surface area (Å²) in [6.45, 7) is 0. The number of rotatable bonds is 5. The maximum absolute atomic E-state index is 2.58. The fraction of sp³-hybridized carbons (Fsp3) is 0.0492. The summed E-state index contributed by atoms with van der Waals surface area (Å²) in [5.74, 6) is 0.283. The molecule has 62 heavy (non-hydrogen) atoms. The van der Waals surface area contributed by atoms with Crippen molar-refractivity contribution in [2.24, 2.45) is 0 Å². The number of allylic oxidation sites excluding steroid dienone is 4. The predicted molar refractivity (Wildman–Crippen MR) is 261 cm³/mol. The van der Waals surface area contributed by atoms with Gasteiger partial charge in [0, 0.05) is 27.9 Å². The molecule has 0 N–H and O–H groups in total.